The summed E-state index contributed by atoms with van der Waals surface area (Å²) in [7, 11) is 0. The molecule has 0 aliphatic heterocycles. The first kappa shape index (κ1) is 18.3. The minimum Gasteiger partial charge on any atom is -1.00 e. The molecule has 2 aromatic carbocycles. The number of rotatable bonds is 3. The molecule has 5 heteroatoms. The van der Waals surface area contributed by atoms with Crippen molar-refractivity contribution in [2.24, 2.45) is 0 Å². The van der Waals surface area contributed by atoms with Gasteiger partial charge < -0.3 is 21.4 Å². The second kappa shape index (κ2) is 7.38. The summed E-state index contributed by atoms with van der Waals surface area (Å²) in [5.41, 5.74) is 5.42. The van der Waals surface area contributed by atoms with E-state index in [-0.39, 0.29) is 22.8 Å². The van der Waals surface area contributed by atoms with Gasteiger partial charge in [0.15, 0.2) is 24.5 Å². The molecule has 2 heterocycles. The van der Waals surface area contributed by atoms with Crippen molar-refractivity contribution in [3.05, 3.63) is 83.4 Å². The van der Waals surface area contributed by atoms with Crippen LogP contribution in [0, 0.1) is 19.7 Å². The Balaban J connectivity index is 0.00000196. The van der Waals surface area contributed by atoms with Gasteiger partial charge in [-0.2, -0.15) is 4.57 Å². The van der Waals surface area contributed by atoms with Gasteiger partial charge in [0.25, 0.3) is 0 Å². The number of benzene rings is 2. The van der Waals surface area contributed by atoms with Crippen LogP contribution in [0.1, 0.15) is 16.7 Å². The molecule has 0 amide bonds. The highest BCUT2D eigenvalue weighted by Gasteiger charge is 2.14. The highest BCUT2D eigenvalue weighted by atomic mass is 79.9. The van der Waals surface area contributed by atoms with E-state index in [0.717, 1.165) is 27.8 Å². The first-order chi connectivity index (χ1) is 12.1. The molecular weight excluding hydrogens is 395 g/mol. The number of nitrogens with zero attached hydrogens (tertiary/aromatic N) is 2. The predicted octanol–water partition coefficient (Wildman–Crippen LogP) is 1.59. The molecule has 0 saturated heterocycles. The minimum atomic E-state index is -0.201. The lowest BCUT2D eigenvalue weighted by molar-refractivity contribution is -0.688. The van der Waals surface area contributed by atoms with Crippen LogP contribution in [0.15, 0.2) is 65.3 Å². The predicted molar refractivity (Wildman–Crippen MR) is 94.6 cm³/mol. The lowest BCUT2D eigenvalue weighted by Crippen LogP contribution is -3.00. The summed E-state index contributed by atoms with van der Waals surface area (Å²) in [5, 5.41) is 0. The molecule has 0 atom stereocenters. The zero-order valence-corrected chi connectivity index (χ0v) is 16.1. The maximum atomic E-state index is 13.9. The molecule has 3 nitrogen and oxygen atoms in total. The number of hydrogen-bond acceptors (Lipinski definition) is 2. The highest BCUT2D eigenvalue weighted by Crippen LogP contribution is 2.26. The van der Waals surface area contributed by atoms with Crippen molar-refractivity contribution < 1.29 is 30.4 Å². The summed E-state index contributed by atoms with van der Waals surface area (Å²) in [6.07, 6.45) is 3.84. The highest BCUT2D eigenvalue weighted by molar-refractivity contribution is 5.79. The first-order valence-electron chi connectivity index (χ1n) is 8.21. The van der Waals surface area contributed by atoms with E-state index in [1.165, 1.54) is 6.07 Å². The second-order valence-corrected chi connectivity index (χ2v) is 6.31. The Bertz CT molecular complexity index is 1070. The quantitative estimate of drug-likeness (QED) is 0.478. The summed E-state index contributed by atoms with van der Waals surface area (Å²) in [5.74, 6) is 0.375. The van der Waals surface area contributed by atoms with Gasteiger partial charge in [-0.25, -0.2) is 9.37 Å². The summed E-state index contributed by atoms with van der Waals surface area (Å²) in [6.45, 7) is 4.53. The Morgan fingerprint density at radius 1 is 1.08 bits per heavy atom. The summed E-state index contributed by atoms with van der Waals surface area (Å²) < 4.78 is 21.8. The van der Waals surface area contributed by atoms with E-state index >= 15 is 0 Å². The van der Waals surface area contributed by atoms with Crippen LogP contribution in [0.4, 0.5) is 4.39 Å². The maximum absolute atomic E-state index is 13.9. The topological polar surface area (TPSA) is 29.9 Å². The molecular formula is C21H18BrFN2O. The van der Waals surface area contributed by atoms with Gasteiger partial charge in [-0.3, -0.25) is 0 Å². The van der Waals surface area contributed by atoms with E-state index in [1.807, 2.05) is 55.1 Å². The van der Waals surface area contributed by atoms with Crippen LogP contribution in [0.5, 0.6) is 0 Å². The molecule has 0 radical (unpaired) electrons. The van der Waals surface area contributed by atoms with Crippen LogP contribution < -0.4 is 21.5 Å². The van der Waals surface area contributed by atoms with E-state index in [4.69, 9.17) is 4.42 Å². The van der Waals surface area contributed by atoms with Gasteiger partial charge in [-0.15, -0.1) is 0 Å². The van der Waals surface area contributed by atoms with Gasteiger partial charge in [-0.05, 0) is 49.2 Å². The third-order valence-corrected chi connectivity index (χ3v) is 4.24. The van der Waals surface area contributed by atoms with Gasteiger partial charge in [-0.1, -0.05) is 18.2 Å². The normalized spacial score (nSPS) is 10.7. The molecule has 0 unspecified atom stereocenters. The molecule has 132 valence electrons. The van der Waals surface area contributed by atoms with Crippen LogP contribution in [-0.2, 0) is 6.54 Å². The Morgan fingerprint density at radius 3 is 2.69 bits per heavy atom. The third kappa shape index (κ3) is 3.53. The standard InChI is InChI=1S/C21H18FN2O.BrH/c1-14-10-15(2)20-19(11-14)23-21(25-20)17-7-5-9-24(13-17)12-16-6-3-4-8-18(16)22;/h3-11,13H,12H2,1-2H3;1H/q+1;/p-1. The number of pyridine rings is 1. The molecule has 0 bridgehead atoms. The van der Waals surface area contributed by atoms with Crippen LogP contribution in [-0.4, -0.2) is 4.98 Å². The molecule has 0 aliphatic rings. The van der Waals surface area contributed by atoms with Crippen molar-refractivity contribution in [3.63, 3.8) is 0 Å². The van der Waals surface area contributed by atoms with Crippen molar-refractivity contribution in [1.82, 2.24) is 4.98 Å². The van der Waals surface area contributed by atoms with Crippen molar-refractivity contribution in [1.29, 1.82) is 0 Å². The van der Waals surface area contributed by atoms with E-state index in [9.17, 15) is 4.39 Å². The number of halogens is 2. The number of aryl methyl sites for hydroxylation is 2. The SMILES string of the molecule is Cc1cc(C)c2oc(-c3ccc[n+](Cc4ccccc4F)c3)nc2c1.[Br-]. The fourth-order valence-electron chi connectivity index (χ4n) is 3.07. The molecule has 0 aliphatic carbocycles. The lowest BCUT2D eigenvalue weighted by atomic mass is 10.1. The zero-order valence-electron chi connectivity index (χ0n) is 14.5. The fourth-order valence-corrected chi connectivity index (χ4v) is 3.07. The average Bonchev–Trinajstić information content (AvgIpc) is 3.02. The van der Waals surface area contributed by atoms with Crippen molar-refractivity contribution in [2.45, 2.75) is 20.4 Å². The van der Waals surface area contributed by atoms with Crippen LogP contribution in [0.3, 0.4) is 0 Å². The number of hydrogen-bond donors (Lipinski definition) is 0. The molecule has 4 rings (SSSR count). The average molecular weight is 413 g/mol. The van der Waals surface area contributed by atoms with Crippen molar-refractivity contribution >= 4 is 11.1 Å². The summed E-state index contributed by atoms with van der Waals surface area (Å²) in [4.78, 5) is 4.62. The molecule has 0 spiro atoms. The number of aromatic nitrogens is 2. The zero-order chi connectivity index (χ0) is 17.4. The van der Waals surface area contributed by atoms with E-state index in [0.29, 0.717) is 18.0 Å². The van der Waals surface area contributed by atoms with Gasteiger partial charge >= 0.3 is 0 Å². The van der Waals surface area contributed by atoms with Crippen molar-refractivity contribution in [2.75, 3.05) is 0 Å². The smallest absolute Gasteiger partial charge is 0.233 e. The van der Waals surface area contributed by atoms with E-state index < -0.39 is 0 Å². The van der Waals surface area contributed by atoms with Crippen molar-refractivity contribution in [3.8, 4) is 11.5 Å². The Kier molecular flexibility index (Phi) is 5.18. The minimum absolute atomic E-state index is 0. The Labute approximate surface area is 161 Å². The van der Waals surface area contributed by atoms with Crippen LogP contribution in [0.25, 0.3) is 22.6 Å². The summed E-state index contributed by atoms with van der Waals surface area (Å²) in [6, 6.07) is 14.8. The van der Waals surface area contributed by atoms with Gasteiger partial charge in [0, 0.05) is 6.07 Å². The molecule has 2 aromatic heterocycles. The summed E-state index contributed by atoms with van der Waals surface area (Å²) >= 11 is 0. The van der Waals surface area contributed by atoms with Gasteiger partial charge in [0.1, 0.15) is 16.9 Å². The monoisotopic (exact) mass is 412 g/mol. The Hall–Kier alpha value is -2.53. The Morgan fingerprint density at radius 2 is 1.88 bits per heavy atom. The van der Waals surface area contributed by atoms with E-state index in [2.05, 4.69) is 11.1 Å². The molecule has 26 heavy (non-hydrogen) atoms. The third-order valence-electron chi connectivity index (χ3n) is 4.24. The largest absolute Gasteiger partial charge is 1.00 e. The number of oxazole rings is 1. The van der Waals surface area contributed by atoms with Gasteiger partial charge in [0.05, 0.1) is 5.56 Å². The molecule has 0 fully saturated rings. The van der Waals surface area contributed by atoms with E-state index in [1.54, 1.807) is 12.1 Å². The molecule has 0 saturated carbocycles. The molecule has 4 aromatic rings. The first-order valence-corrected chi connectivity index (χ1v) is 8.21. The maximum Gasteiger partial charge on any atom is 0.233 e. The lowest BCUT2D eigenvalue weighted by Gasteiger charge is -2.00. The van der Waals surface area contributed by atoms with Crippen LogP contribution in [0.2, 0.25) is 0 Å². The number of fused-ring (bicyclic) bond motifs is 1. The fraction of sp³-hybridized carbons (Fsp3) is 0.143. The second-order valence-electron chi connectivity index (χ2n) is 6.31. The van der Waals surface area contributed by atoms with Gasteiger partial charge in [0.2, 0.25) is 5.89 Å². The van der Waals surface area contributed by atoms with Crippen LogP contribution >= 0.6 is 0 Å². The molecule has 0 N–H and O–H groups in total.